The Morgan fingerprint density at radius 1 is 0.971 bits per heavy atom. The van der Waals surface area contributed by atoms with Gasteiger partial charge in [-0.3, -0.25) is 9.59 Å². The van der Waals surface area contributed by atoms with E-state index in [1.807, 2.05) is 12.1 Å². The molecule has 0 aliphatic carbocycles. The Morgan fingerprint density at radius 3 is 2.32 bits per heavy atom. The van der Waals surface area contributed by atoms with Gasteiger partial charge in [-0.2, -0.15) is 0 Å². The molecule has 0 aliphatic heterocycles. The Balaban J connectivity index is 1.49. The van der Waals surface area contributed by atoms with E-state index in [2.05, 4.69) is 5.32 Å². The molecule has 172 valence electrons. The van der Waals surface area contributed by atoms with E-state index >= 15 is 0 Å². The number of ether oxygens (including phenoxy) is 1. The molecule has 1 amide bonds. The molecule has 0 spiro atoms. The first-order chi connectivity index (χ1) is 16.4. The average Bonchev–Trinajstić information content (AvgIpc) is 2.83. The van der Waals surface area contributed by atoms with Gasteiger partial charge in [0, 0.05) is 30.2 Å². The van der Waals surface area contributed by atoms with Crippen LogP contribution in [0.3, 0.4) is 0 Å². The minimum absolute atomic E-state index is 0.00900. The quantitative estimate of drug-likeness (QED) is 0.369. The van der Waals surface area contributed by atoms with Crippen molar-refractivity contribution in [1.82, 2.24) is 5.32 Å². The van der Waals surface area contributed by atoms with Crippen molar-refractivity contribution in [3.8, 4) is 22.8 Å². The molecule has 0 radical (unpaired) electrons. The Morgan fingerprint density at radius 2 is 1.65 bits per heavy atom. The van der Waals surface area contributed by atoms with Gasteiger partial charge < -0.3 is 24.7 Å². The average molecular weight is 459 g/mol. The predicted molar refractivity (Wildman–Crippen MR) is 125 cm³/mol. The van der Waals surface area contributed by atoms with Crippen molar-refractivity contribution in [3.05, 3.63) is 94.6 Å². The molecule has 0 saturated carbocycles. The standard InChI is InChI=1S/C26H21NO7/c28-20-12-18(13-23-25(20)21(29)14-22(34-23)17-9-5-2-6-10-17)33-15-24(30)27-19(26(31)32)11-16-7-3-1-4-8-16/h1-10,12-14,19,28H,11,15H2,(H,27,30)(H,31,32)/t19-/m1/s1. The van der Waals surface area contributed by atoms with Crippen LogP contribution >= 0.6 is 0 Å². The monoisotopic (exact) mass is 459 g/mol. The Bertz CT molecular complexity index is 1380. The summed E-state index contributed by atoms with van der Waals surface area (Å²) in [4.78, 5) is 36.4. The minimum Gasteiger partial charge on any atom is -0.507 e. The molecule has 1 atom stereocenters. The summed E-state index contributed by atoms with van der Waals surface area (Å²) in [5.74, 6) is -1.77. The summed E-state index contributed by atoms with van der Waals surface area (Å²) in [6.45, 7) is -0.494. The molecule has 0 saturated heterocycles. The fourth-order valence-electron chi connectivity index (χ4n) is 3.51. The van der Waals surface area contributed by atoms with Gasteiger partial charge in [-0.05, 0) is 5.56 Å². The lowest BCUT2D eigenvalue weighted by molar-refractivity contribution is -0.142. The summed E-state index contributed by atoms with van der Waals surface area (Å²) in [7, 11) is 0. The number of carbonyl (C=O) groups is 2. The maximum atomic E-state index is 12.5. The van der Waals surface area contributed by atoms with Crippen molar-refractivity contribution < 1.29 is 29.0 Å². The number of aromatic hydroxyl groups is 1. The fraction of sp³-hybridized carbons (Fsp3) is 0.115. The van der Waals surface area contributed by atoms with E-state index in [1.165, 1.54) is 18.2 Å². The van der Waals surface area contributed by atoms with Gasteiger partial charge >= 0.3 is 5.97 Å². The van der Waals surface area contributed by atoms with Crippen molar-refractivity contribution >= 4 is 22.8 Å². The van der Waals surface area contributed by atoms with E-state index in [1.54, 1.807) is 48.5 Å². The number of phenolic OH excluding ortho intramolecular Hbond substituents is 1. The number of carbonyl (C=O) groups excluding carboxylic acids is 1. The number of carboxylic acid groups (broad SMARTS) is 1. The molecule has 1 heterocycles. The number of rotatable bonds is 8. The van der Waals surface area contributed by atoms with Gasteiger partial charge in [0.1, 0.15) is 34.3 Å². The molecule has 8 heteroatoms. The smallest absolute Gasteiger partial charge is 0.326 e. The molecule has 4 rings (SSSR count). The van der Waals surface area contributed by atoms with Crippen molar-refractivity contribution in [1.29, 1.82) is 0 Å². The van der Waals surface area contributed by atoms with Crippen LogP contribution in [0.2, 0.25) is 0 Å². The zero-order valence-corrected chi connectivity index (χ0v) is 17.9. The van der Waals surface area contributed by atoms with Crippen molar-refractivity contribution in [3.63, 3.8) is 0 Å². The van der Waals surface area contributed by atoms with E-state index in [0.717, 1.165) is 5.56 Å². The normalized spacial score (nSPS) is 11.6. The van der Waals surface area contributed by atoms with Crippen LogP contribution in [0.5, 0.6) is 11.5 Å². The Kier molecular flexibility index (Phi) is 6.59. The molecule has 0 aliphatic rings. The summed E-state index contributed by atoms with van der Waals surface area (Å²) < 4.78 is 11.2. The molecule has 4 aromatic rings. The highest BCUT2D eigenvalue weighted by molar-refractivity contribution is 5.87. The second kappa shape index (κ2) is 9.91. The molecule has 0 unspecified atom stereocenters. The van der Waals surface area contributed by atoms with Crippen LogP contribution in [0.1, 0.15) is 5.56 Å². The number of amides is 1. The molecule has 1 aromatic heterocycles. The molecule has 8 nitrogen and oxygen atoms in total. The van der Waals surface area contributed by atoms with Gasteiger partial charge in [0.25, 0.3) is 5.91 Å². The van der Waals surface area contributed by atoms with E-state index in [4.69, 9.17) is 9.15 Å². The van der Waals surface area contributed by atoms with Crippen molar-refractivity contribution in [2.24, 2.45) is 0 Å². The van der Waals surface area contributed by atoms with Gasteiger partial charge in [-0.15, -0.1) is 0 Å². The van der Waals surface area contributed by atoms with Crippen LogP contribution in [0, 0.1) is 0 Å². The summed E-state index contributed by atoms with van der Waals surface area (Å²) in [5, 5.41) is 22.2. The topological polar surface area (TPSA) is 126 Å². The van der Waals surface area contributed by atoms with Crippen molar-refractivity contribution in [2.75, 3.05) is 6.61 Å². The van der Waals surface area contributed by atoms with Crippen LogP contribution < -0.4 is 15.5 Å². The van der Waals surface area contributed by atoms with Crippen LogP contribution in [-0.4, -0.2) is 34.7 Å². The van der Waals surface area contributed by atoms with Crippen LogP contribution in [-0.2, 0) is 16.0 Å². The maximum absolute atomic E-state index is 12.5. The maximum Gasteiger partial charge on any atom is 0.326 e. The fourth-order valence-corrected chi connectivity index (χ4v) is 3.51. The summed E-state index contributed by atoms with van der Waals surface area (Å²) in [6.07, 6.45) is 0.117. The number of hydrogen-bond donors (Lipinski definition) is 3. The lowest BCUT2D eigenvalue weighted by atomic mass is 10.1. The van der Waals surface area contributed by atoms with Crippen LogP contribution in [0.25, 0.3) is 22.3 Å². The highest BCUT2D eigenvalue weighted by atomic mass is 16.5. The molecule has 3 aromatic carbocycles. The van der Waals surface area contributed by atoms with E-state index in [-0.39, 0.29) is 28.9 Å². The van der Waals surface area contributed by atoms with Gasteiger partial charge in [0.05, 0.1) is 0 Å². The SMILES string of the molecule is O=C(COc1cc(O)c2c(=O)cc(-c3ccccc3)oc2c1)N[C@H](Cc1ccccc1)C(=O)O. The van der Waals surface area contributed by atoms with Gasteiger partial charge in [-0.1, -0.05) is 60.7 Å². The largest absolute Gasteiger partial charge is 0.507 e. The lowest BCUT2D eigenvalue weighted by Crippen LogP contribution is -2.44. The molecule has 0 bridgehead atoms. The molecular weight excluding hydrogens is 438 g/mol. The highest BCUT2D eigenvalue weighted by Crippen LogP contribution is 2.31. The Hall–Kier alpha value is -4.59. The molecular formula is C26H21NO7. The zero-order chi connectivity index (χ0) is 24.1. The zero-order valence-electron chi connectivity index (χ0n) is 17.9. The number of phenols is 1. The van der Waals surface area contributed by atoms with E-state index in [0.29, 0.717) is 11.3 Å². The number of benzene rings is 3. The Labute approximate surface area is 194 Å². The second-order valence-corrected chi connectivity index (χ2v) is 7.59. The van der Waals surface area contributed by atoms with E-state index < -0.39 is 30.0 Å². The van der Waals surface area contributed by atoms with Crippen molar-refractivity contribution in [2.45, 2.75) is 12.5 Å². The number of carboxylic acids is 1. The molecule has 34 heavy (non-hydrogen) atoms. The minimum atomic E-state index is -1.17. The first-order valence-corrected chi connectivity index (χ1v) is 10.5. The van der Waals surface area contributed by atoms with Crippen LogP contribution in [0.15, 0.2) is 88.1 Å². The number of fused-ring (bicyclic) bond motifs is 1. The van der Waals surface area contributed by atoms with Gasteiger partial charge in [-0.25, -0.2) is 4.79 Å². The third-order valence-electron chi connectivity index (χ3n) is 5.13. The molecule has 3 N–H and O–H groups in total. The summed E-state index contributed by atoms with van der Waals surface area (Å²) in [5.41, 5.74) is 1.12. The van der Waals surface area contributed by atoms with Gasteiger partial charge in [0.2, 0.25) is 0 Å². The van der Waals surface area contributed by atoms with Gasteiger partial charge in [0.15, 0.2) is 12.0 Å². The van der Waals surface area contributed by atoms with Crippen LogP contribution in [0.4, 0.5) is 0 Å². The first-order valence-electron chi connectivity index (χ1n) is 10.5. The second-order valence-electron chi connectivity index (χ2n) is 7.59. The highest BCUT2D eigenvalue weighted by Gasteiger charge is 2.21. The predicted octanol–water partition coefficient (Wildman–Crippen LogP) is 3.36. The number of nitrogens with one attached hydrogen (secondary N) is 1. The number of hydrogen-bond acceptors (Lipinski definition) is 6. The third kappa shape index (κ3) is 5.24. The number of aliphatic carboxylic acids is 1. The van der Waals surface area contributed by atoms with E-state index in [9.17, 15) is 24.6 Å². The summed E-state index contributed by atoms with van der Waals surface area (Å²) in [6, 6.07) is 20.7. The molecule has 0 fully saturated rings. The third-order valence-corrected chi connectivity index (χ3v) is 5.13. The lowest BCUT2D eigenvalue weighted by Gasteiger charge is -2.15. The summed E-state index contributed by atoms with van der Waals surface area (Å²) >= 11 is 0. The first kappa shape index (κ1) is 22.6.